The van der Waals surface area contributed by atoms with Crippen molar-refractivity contribution in [2.24, 2.45) is 0 Å². The van der Waals surface area contributed by atoms with Crippen LogP contribution >= 0.6 is 0 Å². The number of carbonyl (C=O) groups is 1. The van der Waals surface area contributed by atoms with Crippen LogP contribution in [0.15, 0.2) is 60.8 Å². The number of anilines is 1. The molecule has 4 rings (SSSR count). The van der Waals surface area contributed by atoms with E-state index in [1.807, 2.05) is 56.3 Å². The van der Waals surface area contributed by atoms with E-state index in [1.165, 1.54) is 0 Å². The van der Waals surface area contributed by atoms with Crippen LogP contribution in [0.3, 0.4) is 0 Å². The number of benzene rings is 2. The second kappa shape index (κ2) is 8.10. The van der Waals surface area contributed by atoms with E-state index < -0.39 is 0 Å². The Morgan fingerprint density at radius 2 is 1.86 bits per heavy atom. The molecule has 1 atom stereocenters. The summed E-state index contributed by atoms with van der Waals surface area (Å²) in [7, 11) is 0. The summed E-state index contributed by atoms with van der Waals surface area (Å²) in [5, 5.41) is 5.66. The highest BCUT2D eigenvalue weighted by molar-refractivity contribution is 5.89. The van der Waals surface area contributed by atoms with Gasteiger partial charge in [-0.15, -0.1) is 0 Å². The molecule has 2 aromatic carbocycles. The normalized spacial score (nSPS) is 12.9. The molecule has 2 amide bonds. The first kappa shape index (κ1) is 18.6. The second-order valence-electron chi connectivity index (χ2n) is 6.73. The van der Waals surface area contributed by atoms with Gasteiger partial charge in [-0.3, -0.25) is 0 Å². The molecule has 1 unspecified atom stereocenters. The van der Waals surface area contributed by atoms with Gasteiger partial charge in [0.2, 0.25) is 12.7 Å². The van der Waals surface area contributed by atoms with Crippen LogP contribution in [0.5, 0.6) is 23.1 Å². The number of nitrogens with zero attached hydrogens (tertiary/aromatic N) is 1. The van der Waals surface area contributed by atoms with Crippen LogP contribution in [0, 0.1) is 6.92 Å². The van der Waals surface area contributed by atoms with E-state index in [9.17, 15) is 4.79 Å². The second-order valence-corrected chi connectivity index (χ2v) is 6.73. The van der Waals surface area contributed by atoms with Crippen LogP contribution < -0.4 is 24.8 Å². The third-order valence-corrected chi connectivity index (χ3v) is 4.48. The Labute approximate surface area is 168 Å². The lowest BCUT2D eigenvalue weighted by atomic mass is 10.1. The number of urea groups is 1. The Bertz CT molecular complexity index is 1000. The van der Waals surface area contributed by atoms with Crippen LogP contribution in [0.4, 0.5) is 10.5 Å². The van der Waals surface area contributed by atoms with Gasteiger partial charge in [0.25, 0.3) is 0 Å². The number of nitrogens with one attached hydrogen (secondary N) is 2. The van der Waals surface area contributed by atoms with Crippen molar-refractivity contribution in [3.05, 3.63) is 71.9 Å². The van der Waals surface area contributed by atoms with E-state index in [-0.39, 0.29) is 18.9 Å². The molecule has 0 saturated carbocycles. The summed E-state index contributed by atoms with van der Waals surface area (Å²) in [5.74, 6) is 2.56. The first-order valence-corrected chi connectivity index (χ1v) is 9.24. The molecule has 0 aliphatic carbocycles. The predicted octanol–water partition coefficient (Wildman–Crippen LogP) is 4.79. The molecule has 3 aromatic rings. The van der Waals surface area contributed by atoms with Crippen molar-refractivity contribution in [1.29, 1.82) is 0 Å². The van der Waals surface area contributed by atoms with Gasteiger partial charge >= 0.3 is 6.03 Å². The minimum atomic E-state index is -0.329. The van der Waals surface area contributed by atoms with Crippen molar-refractivity contribution in [3.63, 3.8) is 0 Å². The Hall–Kier alpha value is -3.74. The van der Waals surface area contributed by atoms with Crippen LogP contribution in [0.25, 0.3) is 0 Å². The molecule has 1 aliphatic rings. The Kier molecular flexibility index (Phi) is 5.20. The molecule has 2 N–H and O–H groups in total. The topological polar surface area (TPSA) is 81.7 Å². The van der Waals surface area contributed by atoms with Gasteiger partial charge in [-0.1, -0.05) is 23.8 Å². The van der Waals surface area contributed by atoms with Gasteiger partial charge in [0.05, 0.1) is 17.9 Å². The SMILES string of the molecule is Cc1ccc(Oc2ccc(NC(=O)NC(C)c3ccc4c(c3)OCO4)cn2)cc1. The summed E-state index contributed by atoms with van der Waals surface area (Å²) in [4.78, 5) is 16.5. The van der Waals surface area contributed by atoms with E-state index in [0.717, 1.165) is 11.1 Å². The largest absolute Gasteiger partial charge is 0.454 e. The number of carbonyl (C=O) groups excluding carboxylic acids is 1. The quantitative estimate of drug-likeness (QED) is 0.653. The number of pyridine rings is 1. The fourth-order valence-electron chi connectivity index (χ4n) is 2.87. The molecule has 29 heavy (non-hydrogen) atoms. The van der Waals surface area contributed by atoms with Crippen molar-refractivity contribution in [2.75, 3.05) is 12.1 Å². The van der Waals surface area contributed by atoms with Crippen LogP contribution in [-0.2, 0) is 0 Å². The summed E-state index contributed by atoms with van der Waals surface area (Å²) in [6.45, 7) is 4.13. The zero-order chi connectivity index (χ0) is 20.2. The van der Waals surface area contributed by atoms with Crippen molar-refractivity contribution in [2.45, 2.75) is 19.9 Å². The third kappa shape index (κ3) is 4.57. The molecule has 0 radical (unpaired) electrons. The van der Waals surface area contributed by atoms with E-state index in [0.29, 0.717) is 28.8 Å². The number of amides is 2. The van der Waals surface area contributed by atoms with E-state index in [1.54, 1.807) is 18.3 Å². The Morgan fingerprint density at radius 1 is 1.07 bits per heavy atom. The van der Waals surface area contributed by atoms with Crippen LogP contribution in [0.2, 0.25) is 0 Å². The average Bonchev–Trinajstić information content (AvgIpc) is 3.19. The highest BCUT2D eigenvalue weighted by Gasteiger charge is 2.17. The van der Waals surface area contributed by atoms with Gasteiger partial charge in [-0.25, -0.2) is 9.78 Å². The van der Waals surface area contributed by atoms with E-state index >= 15 is 0 Å². The van der Waals surface area contributed by atoms with E-state index in [2.05, 4.69) is 15.6 Å². The smallest absolute Gasteiger partial charge is 0.319 e. The number of hydrogen-bond acceptors (Lipinski definition) is 5. The standard InChI is InChI=1S/C22H21N3O4/c1-14-3-7-18(8-4-14)29-21-10-6-17(12-23-21)25-22(26)24-15(2)16-5-9-19-20(11-16)28-13-27-19/h3-12,15H,13H2,1-2H3,(H2,24,25,26). The summed E-state index contributed by atoms with van der Waals surface area (Å²) in [6, 6.07) is 16.2. The monoisotopic (exact) mass is 391 g/mol. The fourth-order valence-corrected chi connectivity index (χ4v) is 2.87. The van der Waals surface area contributed by atoms with Gasteiger partial charge in [-0.05, 0) is 49.7 Å². The maximum atomic E-state index is 12.3. The number of ether oxygens (including phenoxy) is 3. The lowest BCUT2D eigenvalue weighted by Gasteiger charge is -2.15. The summed E-state index contributed by atoms with van der Waals surface area (Å²) >= 11 is 0. The number of rotatable bonds is 5. The molecule has 7 nitrogen and oxygen atoms in total. The summed E-state index contributed by atoms with van der Waals surface area (Å²) in [6.07, 6.45) is 1.55. The zero-order valence-electron chi connectivity index (χ0n) is 16.1. The lowest BCUT2D eigenvalue weighted by molar-refractivity contribution is 0.174. The molecule has 148 valence electrons. The molecule has 1 aromatic heterocycles. The summed E-state index contributed by atoms with van der Waals surface area (Å²) in [5.41, 5.74) is 2.65. The number of fused-ring (bicyclic) bond motifs is 1. The van der Waals surface area contributed by atoms with Gasteiger partial charge < -0.3 is 24.8 Å². The fraction of sp³-hybridized carbons (Fsp3) is 0.182. The van der Waals surface area contributed by atoms with Crippen LogP contribution in [-0.4, -0.2) is 17.8 Å². The van der Waals surface area contributed by atoms with Crippen molar-refractivity contribution < 1.29 is 19.0 Å². The predicted molar refractivity (Wildman–Crippen MR) is 109 cm³/mol. The Morgan fingerprint density at radius 3 is 2.62 bits per heavy atom. The van der Waals surface area contributed by atoms with Gasteiger partial charge in [0.1, 0.15) is 5.75 Å². The minimum absolute atomic E-state index is 0.207. The maximum absolute atomic E-state index is 12.3. The number of aromatic nitrogens is 1. The van der Waals surface area contributed by atoms with Crippen LogP contribution in [0.1, 0.15) is 24.1 Å². The number of hydrogen-bond donors (Lipinski definition) is 2. The molecule has 7 heteroatoms. The first-order chi connectivity index (χ1) is 14.1. The number of aryl methyl sites for hydroxylation is 1. The maximum Gasteiger partial charge on any atom is 0.319 e. The molecule has 0 saturated heterocycles. The molecule has 1 aliphatic heterocycles. The van der Waals surface area contributed by atoms with Crippen molar-refractivity contribution in [3.8, 4) is 23.1 Å². The van der Waals surface area contributed by atoms with Crippen molar-refractivity contribution >= 4 is 11.7 Å². The lowest BCUT2D eigenvalue weighted by Crippen LogP contribution is -2.31. The first-order valence-electron chi connectivity index (χ1n) is 9.24. The molecule has 2 heterocycles. The highest BCUT2D eigenvalue weighted by Crippen LogP contribution is 2.34. The molecule has 0 spiro atoms. The minimum Gasteiger partial charge on any atom is -0.454 e. The summed E-state index contributed by atoms with van der Waals surface area (Å²) < 4.78 is 16.4. The molecule has 0 fully saturated rings. The zero-order valence-corrected chi connectivity index (χ0v) is 16.1. The van der Waals surface area contributed by atoms with Gasteiger partial charge in [0, 0.05) is 6.07 Å². The van der Waals surface area contributed by atoms with E-state index in [4.69, 9.17) is 14.2 Å². The van der Waals surface area contributed by atoms with Crippen molar-refractivity contribution in [1.82, 2.24) is 10.3 Å². The molecular weight excluding hydrogens is 370 g/mol. The Balaban J connectivity index is 1.32. The van der Waals surface area contributed by atoms with Gasteiger partial charge in [-0.2, -0.15) is 0 Å². The molecule has 0 bridgehead atoms. The average molecular weight is 391 g/mol. The third-order valence-electron chi connectivity index (χ3n) is 4.48. The molecular formula is C22H21N3O4. The van der Waals surface area contributed by atoms with Gasteiger partial charge in [0.15, 0.2) is 11.5 Å². The highest BCUT2D eigenvalue weighted by atomic mass is 16.7.